The van der Waals surface area contributed by atoms with E-state index in [1.54, 1.807) is 22.2 Å². The van der Waals surface area contributed by atoms with Crippen LogP contribution in [0.25, 0.3) is 10.2 Å². The van der Waals surface area contributed by atoms with Crippen LogP contribution >= 0.6 is 11.3 Å². The Labute approximate surface area is 163 Å². The lowest BCUT2D eigenvalue weighted by Crippen LogP contribution is -2.22. The molecular weight excluding hydrogens is 356 g/mol. The van der Waals surface area contributed by atoms with Crippen LogP contribution in [0, 0.1) is 12.8 Å². The molecule has 1 aliphatic rings. The fraction of sp³-hybridized carbons (Fsp3) is 0.455. The lowest BCUT2D eigenvalue weighted by Gasteiger charge is -2.17. The summed E-state index contributed by atoms with van der Waals surface area (Å²) in [7, 11) is 0. The Morgan fingerprint density at radius 3 is 2.89 bits per heavy atom. The quantitative estimate of drug-likeness (QED) is 0.578. The van der Waals surface area contributed by atoms with Crippen molar-refractivity contribution >= 4 is 21.6 Å². The van der Waals surface area contributed by atoms with Crippen LogP contribution in [0.5, 0.6) is 5.75 Å². The number of benzene rings is 1. The number of fused-ring (bicyclic) bond motifs is 3. The van der Waals surface area contributed by atoms with Gasteiger partial charge in [-0.1, -0.05) is 24.6 Å². The highest BCUT2D eigenvalue weighted by Crippen LogP contribution is 2.35. The Kier molecular flexibility index (Phi) is 5.30. The van der Waals surface area contributed by atoms with E-state index in [0.717, 1.165) is 41.6 Å². The lowest BCUT2D eigenvalue weighted by atomic mass is 9.89. The highest BCUT2D eigenvalue weighted by molar-refractivity contribution is 7.18. The van der Waals surface area contributed by atoms with E-state index in [4.69, 9.17) is 4.74 Å². The maximum absolute atomic E-state index is 13.0. The summed E-state index contributed by atoms with van der Waals surface area (Å²) in [5.41, 5.74) is 2.63. The number of thiophene rings is 1. The molecule has 4 nitrogen and oxygen atoms in total. The van der Waals surface area contributed by atoms with Crippen molar-refractivity contribution in [3.63, 3.8) is 0 Å². The fourth-order valence-corrected chi connectivity index (χ4v) is 5.08. The molecule has 0 bridgehead atoms. The Morgan fingerprint density at radius 1 is 1.26 bits per heavy atom. The molecule has 1 atom stereocenters. The van der Waals surface area contributed by atoms with Crippen LogP contribution in [-0.4, -0.2) is 16.2 Å². The van der Waals surface area contributed by atoms with Gasteiger partial charge in [0, 0.05) is 11.4 Å². The summed E-state index contributed by atoms with van der Waals surface area (Å²) in [5.74, 6) is 1.61. The van der Waals surface area contributed by atoms with Gasteiger partial charge in [0.25, 0.3) is 5.56 Å². The van der Waals surface area contributed by atoms with E-state index in [2.05, 4.69) is 31.0 Å². The van der Waals surface area contributed by atoms with Crippen LogP contribution in [0.1, 0.15) is 42.2 Å². The number of rotatable bonds is 6. The molecule has 1 aromatic carbocycles. The topological polar surface area (TPSA) is 44.1 Å². The average molecular weight is 383 g/mol. The first-order valence-electron chi connectivity index (χ1n) is 9.81. The summed E-state index contributed by atoms with van der Waals surface area (Å²) in [6.45, 7) is 5.72. The fourth-order valence-electron chi connectivity index (χ4n) is 3.73. The molecule has 0 saturated carbocycles. The van der Waals surface area contributed by atoms with Crippen LogP contribution < -0.4 is 10.3 Å². The molecule has 0 amide bonds. The summed E-state index contributed by atoms with van der Waals surface area (Å²) in [4.78, 5) is 19.8. The molecule has 0 fully saturated rings. The SMILES string of the molecule is Cc1ccc(OCCCCn2cnc3sc4c(c3c2=O)CCC(C)C4)cc1. The largest absolute Gasteiger partial charge is 0.494 e. The monoisotopic (exact) mass is 382 g/mol. The summed E-state index contributed by atoms with van der Waals surface area (Å²) < 4.78 is 7.55. The molecule has 3 aromatic rings. The highest BCUT2D eigenvalue weighted by Gasteiger charge is 2.23. The predicted molar refractivity (Wildman–Crippen MR) is 111 cm³/mol. The molecule has 0 aliphatic heterocycles. The van der Waals surface area contributed by atoms with Gasteiger partial charge in [-0.3, -0.25) is 9.36 Å². The van der Waals surface area contributed by atoms with Crippen molar-refractivity contribution < 1.29 is 4.74 Å². The first-order valence-corrected chi connectivity index (χ1v) is 10.6. The van der Waals surface area contributed by atoms with Crippen molar-refractivity contribution in [2.75, 3.05) is 6.61 Å². The zero-order valence-electron chi connectivity index (χ0n) is 16.0. The minimum atomic E-state index is 0.131. The minimum absolute atomic E-state index is 0.131. The first-order chi connectivity index (χ1) is 13.1. The maximum atomic E-state index is 13.0. The molecule has 1 unspecified atom stereocenters. The summed E-state index contributed by atoms with van der Waals surface area (Å²) >= 11 is 1.71. The molecular formula is C22H26N2O2S. The number of hydrogen-bond acceptors (Lipinski definition) is 4. The Bertz CT molecular complexity index is 988. The van der Waals surface area contributed by atoms with E-state index >= 15 is 0 Å². The van der Waals surface area contributed by atoms with Crippen molar-refractivity contribution in [3.8, 4) is 5.75 Å². The summed E-state index contributed by atoms with van der Waals surface area (Å²) in [6.07, 6.45) is 6.81. The van der Waals surface area contributed by atoms with Gasteiger partial charge >= 0.3 is 0 Å². The van der Waals surface area contributed by atoms with Gasteiger partial charge in [-0.25, -0.2) is 4.98 Å². The Morgan fingerprint density at radius 2 is 2.07 bits per heavy atom. The van der Waals surface area contributed by atoms with Crippen molar-refractivity contribution in [1.29, 1.82) is 0 Å². The molecule has 0 saturated heterocycles. The van der Waals surface area contributed by atoms with E-state index < -0.39 is 0 Å². The molecule has 0 N–H and O–H groups in total. The third-order valence-electron chi connectivity index (χ3n) is 5.37. The molecule has 5 heteroatoms. The number of aromatic nitrogens is 2. The minimum Gasteiger partial charge on any atom is -0.494 e. The molecule has 2 heterocycles. The second kappa shape index (κ2) is 7.85. The number of nitrogens with zero attached hydrogens (tertiary/aromatic N) is 2. The summed E-state index contributed by atoms with van der Waals surface area (Å²) in [6, 6.07) is 8.10. The number of hydrogen-bond donors (Lipinski definition) is 0. The van der Waals surface area contributed by atoms with Gasteiger partial charge in [0.15, 0.2) is 0 Å². The lowest BCUT2D eigenvalue weighted by molar-refractivity contribution is 0.302. The van der Waals surface area contributed by atoms with E-state index in [1.807, 2.05) is 12.1 Å². The normalized spacial score (nSPS) is 16.4. The zero-order valence-corrected chi connectivity index (χ0v) is 16.8. The van der Waals surface area contributed by atoms with E-state index in [9.17, 15) is 4.79 Å². The standard InChI is InChI=1S/C22H26N2O2S/c1-15-5-8-17(9-6-15)26-12-4-3-11-24-14-23-21-20(22(24)25)18-10-7-16(2)13-19(18)27-21/h5-6,8-9,14,16H,3-4,7,10-13H2,1-2H3. The summed E-state index contributed by atoms with van der Waals surface area (Å²) in [5, 5.41) is 0.875. The molecule has 142 valence electrons. The van der Waals surface area contributed by atoms with Crippen molar-refractivity contribution in [2.45, 2.75) is 52.5 Å². The van der Waals surface area contributed by atoms with E-state index in [1.165, 1.54) is 22.4 Å². The van der Waals surface area contributed by atoms with E-state index in [0.29, 0.717) is 19.1 Å². The number of aryl methyl sites for hydroxylation is 3. The Balaban J connectivity index is 1.38. The third kappa shape index (κ3) is 3.93. The van der Waals surface area contributed by atoms with Crippen molar-refractivity contribution in [2.24, 2.45) is 5.92 Å². The van der Waals surface area contributed by atoms with Crippen molar-refractivity contribution in [1.82, 2.24) is 9.55 Å². The van der Waals surface area contributed by atoms with Gasteiger partial charge in [-0.05, 0) is 62.6 Å². The second-order valence-corrected chi connectivity index (χ2v) is 8.73. The molecule has 4 rings (SSSR count). The van der Waals surface area contributed by atoms with Crippen LogP contribution in [0.3, 0.4) is 0 Å². The van der Waals surface area contributed by atoms with Crippen molar-refractivity contribution in [3.05, 3.63) is 57.0 Å². The van der Waals surface area contributed by atoms with Gasteiger partial charge in [-0.15, -0.1) is 11.3 Å². The molecule has 1 aliphatic carbocycles. The van der Waals surface area contributed by atoms with Crippen LogP contribution in [-0.2, 0) is 19.4 Å². The maximum Gasteiger partial charge on any atom is 0.262 e. The average Bonchev–Trinajstić information content (AvgIpc) is 3.03. The molecule has 2 aromatic heterocycles. The molecule has 0 radical (unpaired) electrons. The van der Waals surface area contributed by atoms with Gasteiger partial charge in [0.1, 0.15) is 10.6 Å². The van der Waals surface area contributed by atoms with Gasteiger partial charge in [0.05, 0.1) is 18.3 Å². The third-order valence-corrected chi connectivity index (χ3v) is 6.53. The second-order valence-electron chi connectivity index (χ2n) is 7.64. The molecule has 27 heavy (non-hydrogen) atoms. The van der Waals surface area contributed by atoms with Gasteiger partial charge in [-0.2, -0.15) is 0 Å². The smallest absolute Gasteiger partial charge is 0.262 e. The molecule has 0 spiro atoms. The number of unbranched alkanes of at least 4 members (excludes halogenated alkanes) is 1. The van der Waals surface area contributed by atoms with Crippen LogP contribution in [0.15, 0.2) is 35.4 Å². The zero-order chi connectivity index (χ0) is 18.8. The van der Waals surface area contributed by atoms with Crippen LogP contribution in [0.2, 0.25) is 0 Å². The highest BCUT2D eigenvalue weighted by atomic mass is 32.1. The Hall–Kier alpha value is -2.14. The van der Waals surface area contributed by atoms with Gasteiger partial charge < -0.3 is 4.74 Å². The predicted octanol–water partition coefficient (Wildman–Crippen LogP) is 4.75. The first kappa shape index (κ1) is 18.2. The van der Waals surface area contributed by atoms with Crippen LogP contribution in [0.4, 0.5) is 0 Å². The van der Waals surface area contributed by atoms with Gasteiger partial charge in [0.2, 0.25) is 0 Å². The number of ether oxygens (including phenoxy) is 1. The van der Waals surface area contributed by atoms with E-state index in [-0.39, 0.29) is 5.56 Å².